The molecule has 0 spiro atoms. The largest absolute Gasteiger partial charge is 0.321 e. The number of azo groups is 1. The molecule has 0 aliphatic rings. The van der Waals surface area contributed by atoms with Gasteiger partial charge in [0.25, 0.3) is 5.56 Å². The van der Waals surface area contributed by atoms with E-state index in [2.05, 4.69) is 15.2 Å². The van der Waals surface area contributed by atoms with Crippen LogP contribution in [0.5, 0.6) is 0 Å². The topological polar surface area (TPSA) is 129 Å². The van der Waals surface area contributed by atoms with E-state index in [1.54, 1.807) is 36.4 Å². The number of hydrogen-bond acceptors (Lipinski definition) is 6. The summed E-state index contributed by atoms with van der Waals surface area (Å²) in [6.45, 7) is 1.53. The highest BCUT2D eigenvalue weighted by molar-refractivity contribution is 5.56. The molecule has 2 rings (SSSR count). The zero-order chi connectivity index (χ0) is 16.8. The van der Waals surface area contributed by atoms with Crippen molar-refractivity contribution in [1.82, 2.24) is 4.98 Å². The van der Waals surface area contributed by atoms with Crippen molar-refractivity contribution < 1.29 is 0 Å². The Morgan fingerprint density at radius 2 is 1.74 bits per heavy atom. The molecule has 110 valence electrons. The number of rotatable bonds is 3. The van der Waals surface area contributed by atoms with Gasteiger partial charge >= 0.3 is 0 Å². The predicted octanol–water partition coefficient (Wildman–Crippen LogP) is 3.10. The Morgan fingerprint density at radius 1 is 1.09 bits per heavy atom. The summed E-state index contributed by atoms with van der Waals surface area (Å²) in [6, 6.07) is 14.2. The molecule has 0 radical (unpaired) electrons. The second-order valence-electron chi connectivity index (χ2n) is 4.55. The smallest absolute Gasteiger partial charge is 0.276 e. The lowest BCUT2D eigenvalue weighted by atomic mass is 9.99. The number of aromatic nitrogens is 1. The van der Waals surface area contributed by atoms with Crippen molar-refractivity contribution in [2.24, 2.45) is 10.2 Å². The van der Waals surface area contributed by atoms with E-state index in [9.17, 15) is 10.1 Å². The third kappa shape index (κ3) is 3.12. The van der Waals surface area contributed by atoms with Gasteiger partial charge in [-0.2, -0.15) is 20.9 Å². The summed E-state index contributed by atoms with van der Waals surface area (Å²) in [4.78, 5) is 14.5. The third-order valence-electron chi connectivity index (χ3n) is 3.14. The van der Waals surface area contributed by atoms with Crippen molar-refractivity contribution in [2.45, 2.75) is 12.8 Å². The summed E-state index contributed by atoms with van der Waals surface area (Å²) >= 11 is 0. The second kappa shape index (κ2) is 6.80. The predicted molar refractivity (Wildman–Crippen MR) is 81.1 cm³/mol. The van der Waals surface area contributed by atoms with Gasteiger partial charge in [0.2, 0.25) is 0 Å². The van der Waals surface area contributed by atoms with Crippen LogP contribution in [-0.4, -0.2) is 4.98 Å². The van der Waals surface area contributed by atoms with E-state index in [1.165, 1.54) is 6.92 Å². The standard InChI is InChI=1S/C16H10N6O/c1-10-13(9-19)15(11(7-17)8-18)20-16(23)14(10)22-21-12-5-3-2-4-6-12/h2-6,11H,1H3,(H,20,23). The molecule has 1 aromatic carbocycles. The summed E-state index contributed by atoms with van der Waals surface area (Å²) in [7, 11) is 0. The van der Waals surface area contributed by atoms with E-state index in [0.717, 1.165) is 0 Å². The number of hydrogen-bond donors (Lipinski definition) is 1. The van der Waals surface area contributed by atoms with Crippen molar-refractivity contribution in [2.75, 3.05) is 0 Å². The Labute approximate surface area is 131 Å². The van der Waals surface area contributed by atoms with Gasteiger partial charge in [-0.3, -0.25) is 4.79 Å². The lowest BCUT2D eigenvalue weighted by Gasteiger charge is -2.08. The lowest BCUT2D eigenvalue weighted by molar-refractivity contribution is 0.967. The van der Waals surface area contributed by atoms with Crippen LogP contribution in [0.4, 0.5) is 11.4 Å². The van der Waals surface area contributed by atoms with Crippen LogP contribution in [0, 0.1) is 40.9 Å². The Morgan fingerprint density at radius 3 is 2.30 bits per heavy atom. The molecule has 0 saturated carbocycles. The minimum atomic E-state index is -1.23. The Kier molecular flexibility index (Phi) is 4.62. The lowest BCUT2D eigenvalue weighted by Crippen LogP contribution is -2.15. The van der Waals surface area contributed by atoms with E-state index < -0.39 is 11.5 Å². The molecule has 0 aliphatic carbocycles. The summed E-state index contributed by atoms with van der Waals surface area (Å²) in [5.41, 5.74) is 0.246. The van der Waals surface area contributed by atoms with Crippen LogP contribution in [0.3, 0.4) is 0 Å². The molecular weight excluding hydrogens is 292 g/mol. The molecule has 1 heterocycles. The van der Waals surface area contributed by atoms with Gasteiger partial charge in [0, 0.05) is 5.56 Å². The molecular formula is C16H10N6O. The van der Waals surface area contributed by atoms with Gasteiger partial charge in [-0.1, -0.05) is 18.2 Å². The first-order chi connectivity index (χ1) is 11.1. The van der Waals surface area contributed by atoms with E-state index in [4.69, 9.17) is 10.5 Å². The molecule has 23 heavy (non-hydrogen) atoms. The molecule has 0 unspecified atom stereocenters. The van der Waals surface area contributed by atoms with Crippen LogP contribution in [-0.2, 0) is 0 Å². The molecule has 7 heteroatoms. The molecule has 1 N–H and O–H groups in total. The number of nitrogens with zero attached hydrogens (tertiary/aromatic N) is 5. The van der Waals surface area contributed by atoms with Crippen molar-refractivity contribution in [3.8, 4) is 18.2 Å². The van der Waals surface area contributed by atoms with Crippen molar-refractivity contribution in [3.63, 3.8) is 0 Å². The van der Waals surface area contributed by atoms with Crippen LogP contribution < -0.4 is 5.56 Å². The van der Waals surface area contributed by atoms with Gasteiger partial charge in [-0.05, 0) is 19.1 Å². The van der Waals surface area contributed by atoms with Crippen molar-refractivity contribution in [1.29, 1.82) is 15.8 Å². The zero-order valence-electron chi connectivity index (χ0n) is 12.1. The molecule has 7 nitrogen and oxygen atoms in total. The van der Waals surface area contributed by atoms with Crippen LogP contribution in [0.25, 0.3) is 0 Å². The molecule has 0 saturated heterocycles. The highest BCUT2D eigenvalue weighted by atomic mass is 16.1. The fraction of sp³-hybridized carbons (Fsp3) is 0.125. The van der Waals surface area contributed by atoms with E-state index in [-0.39, 0.29) is 22.5 Å². The summed E-state index contributed by atoms with van der Waals surface area (Å²) < 4.78 is 0. The minimum Gasteiger partial charge on any atom is -0.321 e. The monoisotopic (exact) mass is 302 g/mol. The number of nitriles is 3. The zero-order valence-corrected chi connectivity index (χ0v) is 12.1. The van der Waals surface area contributed by atoms with Crippen LogP contribution in [0.2, 0.25) is 0 Å². The summed E-state index contributed by atoms with van der Waals surface area (Å²) in [5, 5.41) is 35.0. The van der Waals surface area contributed by atoms with Crippen LogP contribution in [0.1, 0.15) is 22.7 Å². The maximum atomic E-state index is 12.1. The van der Waals surface area contributed by atoms with Gasteiger partial charge < -0.3 is 4.98 Å². The number of benzene rings is 1. The van der Waals surface area contributed by atoms with Gasteiger partial charge in [0.05, 0.1) is 29.1 Å². The maximum absolute atomic E-state index is 12.1. The number of aromatic amines is 1. The second-order valence-corrected chi connectivity index (χ2v) is 4.55. The highest BCUT2D eigenvalue weighted by Crippen LogP contribution is 2.25. The number of H-pyrrole nitrogens is 1. The quantitative estimate of drug-likeness (QED) is 0.873. The highest BCUT2D eigenvalue weighted by Gasteiger charge is 2.21. The van der Waals surface area contributed by atoms with E-state index in [0.29, 0.717) is 5.69 Å². The van der Waals surface area contributed by atoms with Crippen LogP contribution >= 0.6 is 0 Å². The summed E-state index contributed by atoms with van der Waals surface area (Å²) in [5.74, 6) is -1.23. The maximum Gasteiger partial charge on any atom is 0.276 e. The number of nitrogens with one attached hydrogen (secondary N) is 1. The first kappa shape index (κ1) is 15.6. The average Bonchev–Trinajstić information content (AvgIpc) is 2.57. The first-order valence-electron chi connectivity index (χ1n) is 6.55. The first-order valence-corrected chi connectivity index (χ1v) is 6.55. The van der Waals surface area contributed by atoms with Crippen molar-refractivity contribution >= 4 is 11.4 Å². The van der Waals surface area contributed by atoms with E-state index in [1.807, 2.05) is 12.1 Å². The minimum absolute atomic E-state index is 0.0151. The van der Waals surface area contributed by atoms with Gasteiger partial charge in [-0.15, -0.1) is 5.11 Å². The van der Waals surface area contributed by atoms with Crippen molar-refractivity contribution in [3.05, 3.63) is 57.5 Å². The molecule has 0 bridgehead atoms. The third-order valence-corrected chi connectivity index (χ3v) is 3.14. The average molecular weight is 302 g/mol. The Bertz CT molecular complexity index is 924. The Hall–Kier alpha value is -3.76. The van der Waals surface area contributed by atoms with Gasteiger partial charge in [0.15, 0.2) is 11.6 Å². The molecule has 0 fully saturated rings. The molecule has 1 aromatic heterocycles. The molecule has 0 amide bonds. The Balaban J connectivity index is 2.59. The SMILES string of the molecule is Cc1c(C#N)c(C(C#N)C#N)[nH]c(=O)c1N=Nc1ccccc1. The summed E-state index contributed by atoms with van der Waals surface area (Å²) in [6.07, 6.45) is 0. The van der Waals surface area contributed by atoms with Gasteiger partial charge in [-0.25, -0.2) is 0 Å². The molecule has 0 aliphatic heterocycles. The number of pyridine rings is 1. The van der Waals surface area contributed by atoms with Crippen LogP contribution in [0.15, 0.2) is 45.4 Å². The van der Waals surface area contributed by atoms with Gasteiger partial charge in [0.1, 0.15) is 6.07 Å². The molecule has 0 atom stereocenters. The molecule has 2 aromatic rings. The fourth-order valence-corrected chi connectivity index (χ4v) is 1.98. The van der Waals surface area contributed by atoms with E-state index >= 15 is 0 Å². The normalized spacial score (nSPS) is 10.2. The fourth-order valence-electron chi connectivity index (χ4n) is 1.98.